The number of para-hydroxylation sites is 1. The lowest BCUT2D eigenvalue weighted by molar-refractivity contribution is 0.0950. The Bertz CT molecular complexity index is 605. The molecule has 0 radical (unpaired) electrons. The summed E-state index contributed by atoms with van der Waals surface area (Å²) in [7, 11) is 0. The average Bonchev–Trinajstić information content (AvgIpc) is 2.40. The van der Waals surface area contributed by atoms with Gasteiger partial charge < -0.3 is 10.4 Å². The highest BCUT2D eigenvalue weighted by atomic mass is 16.3. The van der Waals surface area contributed by atoms with Gasteiger partial charge in [0.1, 0.15) is 5.75 Å². The molecule has 0 fully saturated rings. The van der Waals surface area contributed by atoms with Crippen LogP contribution in [0.15, 0.2) is 42.5 Å². The van der Waals surface area contributed by atoms with E-state index in [-0.39, 0.29) is 11.7 Å². The minimum absolute atomic E-state index is 0.121. The van der Waals surface area contributed by atoms with E-state index in [4.69, 9.17) is 0 Å². The minimum atomic E-state index is -0.121. The van der Waals surface area contributed by atoms with E-state index in [1.54, 1.807) is 18.2 Å². The Morgan fingerprint density at radius 2 is 1.84 bits per heavy atom. The Labute approximate surface area is 112 Å². The summed E-state index contributed by atoms with van der Waals surface area (Å²) in [6.07, 6.45) is 0. The van der Waals surface area contributed by atoms with Crippen LogP contribution in [-0.2, 0) is 6.54 Å². The van der Waals surface area contributed by atoms with Crippen molar-refractivity contribution in [1.29, 1.82) is 0 Å². The standard InChI is InChI=1S/C16H17NO2/c1-11-6-5-8-14(12(11)2)16(19)17-10-13-7-3-4-9-15(13)18/h3-9,18H,10H2,1-2H3,(H,17,19). The summed E-state index contributed by atoms with van der Waals surface area (Å²) in [6, 6.07) is 12.7. The zero-order chi connectivity index (χ0) is 13.8. The molecular weight excluding hydrogens is 238 g/mol. The first-order valence-electron chi connectivity index (χ1n) is 6.21. The molecule has 0 aromatic heterocycles. The zero-order valence-electron chi connectivity index (χ0n) is 11.1. The van der Waals surface area contributed by atoms with Crippen LogP contribution in [0.4, 0.5) is 0 Å². The summed E-state index contributed by atoms with van der Waals surface area (Å²) in [5, 5.41) is 12.5. The van der Waals surface area contributed by atoms with E-state index in [0.717, 1.165) is 11.1 Å². The maximum atomic E-state index is 12.1. The van der Waals surface area contributed by atoms with Crippen LogP contribution >= 0.6 is 0 Å². The normalized spacial score (nSPS) is 10.2. The van der Waals surface area contributed by atoms with E-state index in [0.29, 0.717) is 17.7 Å². The fraction of sp³-hybridized carbons (Fsp3) is 0.188. The predicted octanol–water partition coefficient (Wildman–Crippen LogP) is 2.94. The van der Waals surface area contributed by atoms with Gasteiger partial charge in [-0.3, -0.25) is 4.79 Å². The molecule has 2 aromatic rings. The zero-order valence-corrected chi connectivity index (χ0v) is 11.1. The Balaban J connectivity index is 2.10. The molecule has 0 atom stereocenters. The molecule has 0 aliphatic carbocycles. The van der Waals surface area contributed by atoms with Gasteiger partial charge in [-0.15, -0.1) is 0 Å². The number of phenols is 1. The second kappa shape index (κ2) is 5.57. The molecule has 98 valence electrons. The number of carbonyl (C=O) groups excluding carboxylic acids is 1. The van der Waals surface area contributed by atoms with Gasteiger partial charge in [0.15, 0.2) is 0 Å². The fourth-order valence-electron chi connectivity index (χ4n) is 1.93. The number of phenolic OH excluding ortho intramolecular Hbond substituents is 1. The number of rotatable bonds is 3. The smallest absolute Gasteiger partial charge is 0.251 e. The lowest BCUT2D eigenvalue weighted by Crippen LogP contribution is -2.23. The number of benzene rings is 2. The highest BCUT2D eigenvalue weighted by Crippen LogP contribution is 2.16. The largest absolute Gasteiger partial charge is 0.508 e. The third-order valence-corrected chi connectivity index (χ3v) is 3.28. The summed E-state index contributed by atoms with van der Waals surface area (Å²) < 4.78 is 0. The molecule has 0 spiro atoms. The quantitative estimate of drug-likeness (QED) is 0.886. The maximum Gasteiger partial charge on any atom is 0.251 e. The van der Waals surface area contributed by atoms with Crippen molar-refractivity contribution >= 4 is 5.91 Å². The van der Waals surface area contributed by atoms with Crippen LogP contribution in [0.1, 0.15) is 27.0 Å². The molecule has 19 heavy (non-hydrogen) atoms. The first-order valence-corrected chi connectivity index (χ1v) is 6.21. The van der Waals surface area contributed by atoms with E-state index in [1.165, 1.54) is 0 Å². The molecule has 0 unspecified atom stereocenters. The monoisotopic (exact) mass is 255 g/mol. The highest BCUT2D eigenvalue weighted by molar-refractivity contribution is 5.95. The van der Waals surface area contributed by atoms with Crippen LogP contribution in [0.2, 0.25) is 0 Å². The average molecular weight is 255 g/mol. The van der Waals surface area contributed by atoms with Gasteiger partial charge in [0, 0.05) is 17.7 Å². The summed E-state index contributed by atoms with van der Waals surface area (Å²) in [6.45, 7) is 4.23. The molecule has 3 heteroatoms. The molecule has 0 aliphatic rings. The maximum absolute atomic E-state index is 12.1. The van der Waals surface area contributed by atoms with Crippen molar-refractivity contribution in [2.45, 2.75) is 20.4 Å². The first kappa shape index (κ1) is 13.1. The third kappa shape index (κ3) is 2.94. The van der Waals surface area contributed by atoms with Crippen molar-refractivity contribution < 1.29 is 9.90 Å². The molecule has 2 N–H and O–H groups in total. The van der Waals surface area contributed by atoms with E-state index in [1.807, 2.05) is 38.1 Å². The van der Waals surface area contributed by atoms with Gasteiger partial charge in [0.25, 0.3) is 5.91 Å². The molecule has 0 bridgehead atoms. The Hall–Kier alpha value is -2.29. The van der Waals surface area contributed by atoms with Gasteiger partial charge in [-0.25, -0.2) is 0 Å². The molecule has 0 saturated heterocycles. The second-order valence-electron chi connectivity index (χ2n) is 4.56. The molecule has 2 rings (SSSR count). The summed E-state index contributed by atoms with van der Waals surface area (Å²) in [4.78, 5) is 12.1. The van der Waals surface area contributed by atoms with Crippen molar-refractivity contribution in [2.75, 3.05) is 0 Å². The van der Waals surface area contributed by atoms with Crippen LogP contribution in [0.3, 0.4) is 0 Å². The van der Waals surface area contributed by atoms with Crippen molar-refractivity contribution in [3.05, 3.63) is 64.7 Å². The Morgan fingerprint density at radius 1 is 1.11 bits per heavy atom. The van der Waals surface area contributed by atoms with Crippen LogP contribution in [0, 0.1) is 13.8 Å². The van der Waals surface area contributed by atoms with Crippen molar-refractivity contribution in [3.8, 4) is 5.75 Å². The Morgan fingerprint density at radius 3 is 2.58 bits per heavy atom. The van der Waals surface area contributed by atoms with Crippen molar-refractivity contribution in [1.82, 2.24) is 5.32 Å². The van der Waals surface area contributed by atoms with Gasteiger partial charge >= 0.3 is 0 Å². The number of aryl methyl sites for hydroxylation is 1. The minimum Gasteiger partial charge on any atom is -0.508 e. The van der Waals surface area contributed by atoms with Gasteiger partial charge in [0.05, 0.1) is 0 Å². The van der Waals surface area contributed by atoms with E-state index in [2.05, 4.69) is 5.32 Å². The number of hydrogen-bond donors (Lipinski definition) is 2. The SMILES string of the molecule is Cc1cccc(C(=O)NCc2ccccc2O)c1C. The summed E-state index contributed by atoms with van der Waals surface area (Å²) in [5.41, 5.74) is 3.46. The lowest BCUT2D eigenvalue weighted by atomic mass is 10.0. The first-order chi connectivity index (χ1) is 9.09. The fourth-order valence-corrected chi connectivity index (χ4v) is 1.93. The molecule has 3 nitrogen and oxygen atoms in total. The van der Waals surface area contributed by atoms with E-state index in [9.17, 15) is 9.90 Å². The van der Waals surface area contributed by atoms with Crippen LogP contribution in [0.5, 0.6) is 5.75 Å². The molecular formula is C16H17NO2. The van der Waals surface area contributed by atoms with Gasteiger partial charge in [-0.2, -0.15) is 0 Å². The van der Waals surface area contributed by atoms with Crippen LogP contribution in [-0.4, -0.2) is 11.0 Å². The molecule has 0 heterocycles. The molecule has 0 saturated carbocycles. The molecule has 1 amide bonds. The number of amides is 1. The van der Waals surface area contributed by atoms with E-state index >= 15 is 0 Å². The molecule has 0 aliphatic heterocycles. The highest BCUT2D eigenvalue weighted by Gasteiger charge is 2.10. The summed E-state index contributed by atoms with van der Waals surface area (Å²) >= 11 is 0. The van der Waals surface area contributed by atoms with Gasteiger partial charge in [-0.1, -0.05) is 30.3 Å². The number of carbonyl (C=O) groups is 1. The lowest BCUT2D eigenvalue weighted by Gasteiger charge is -2.10. The Kier molecular flexibility index (Phi) is 3.85. The number of hydrogen-bond acceptors (Lipinski definition) is 2. The topological polar surface area (TPSA) is 49.3 Å². The van der Waals surface area contributed by atoms with Crippen LogP contribution in [0.25, 0.3) is 0 Å². The van der Waals surface area contributed by atoms with Crippen molar-refractivity contribution in [3.63, 3.8) is 0 Å². The predicted molar refractivity (Wildman–Crippen MR) is 75.2 cm³/mol. The van der Waals surface area contributed by atoms with Gasteiger partial charge in [-0.05, 0) is 37.1 Å². The number of aromatic hydroxyl groups is 1. The summed E-state index contributed by atoms with van der Waals surface area (Å²) in [5.74, 6) is 0.0771. The third-order valence-electron chi connectivity index (χ3n) is 3.28. The second-order valence-corrected chi connectivity index (χ2v) is 4.56. The number of nitrogens with one attached hydrogen (secondary N) is 1. The van der Waals surface area contributed by atoms with Gasteiger partial charge in [0.2, 0.25) is 0 Å². The van der Waals surface area contributed by atoms with Crippen LogP contribution < -0.4 is 5.32 Å². The van der Waals surface area contributed by atoms with Crippen molar-refractivity contribution in [2.24, 2.45) is 0 Å². The molecule has 2 aromatic carbocycles. The van der Waals surface area contributed by atoms with E-state index < -0.39 is 0 Å².